The molecule has 0 aliphatic heterocycles. The molecule has 1 aromatic rings. The van der Waals surface area contributed by atoms with Crippen molar-refractivity contribution in [2.24, 2.45) is 0 Å². The summed E-state index contributed by atoms with van der Waals surface area (Å²) < 4.78 is 0. The highest BCUT2D eigenvalue weighted by atomic mass is 15.2. The number of rotatable bonds is 5. The molecule has 2 rings (SSSR count). The fraction of sp³-hybridized carbons (Fsp3) is 0.667. The lowest BCUT2D eigenvalue weighted by Crippen LogP contribution is -2.54. The minimum absolute atomic E-state index is 0.267. The van der Waals surface area contributed by atoms with Crippen LogP contribution in [0.2, 0.25) is 0 Å². The highest BCUT2D eigenvalue weighted by molar-refractivity contribution is 5.27. The van der Waals surface area contributed by atoms with Crippen LogP contribution in [0, 0.1) is 6.92 Å². The molecule has 1 atom stereocenters. The first-order valence-electron chi connectivity index (χ1n) is 8.07. The minimum atomic E-state index is 0.267. The number of hydrogen-bond acceptors (Lipinski definition) is 2. The van der Waals surface area contributed by atoms with Gasteiger partial charge in [-0.25, -0.2) is 0 Å². The molecular formula is C18H30N2. The SMILES string of the molecule is CCNC(c1ccc(C)cc1)C1(N(C)C)CCCCC1. The van der Waals surface area contributed by atoms with Gasteiger partial charge in [-0.05, 0) is 46.0 Å². The van der Waals surface area contributed by atoms with Crippen molar-refractivity contribution in [3.8, 4) is 0 Å². The van der Waals surface area contributed by atoms with E-state index in [4.69, 9.17) is 0 Å². The van der Waals surface area contributed by atoms with Crippen molar-refractivity contribution >= 4 is 0 Å². The zero-order valence-corrected chi connectivity index (χ0v) is 13.6. The van der Waals surface area contributed by atoms with Crippen LogP contribution in [0.1, 0.15) is 56.2 Å². The largest absolute Gasteiger partial charge is 0.309 e. The fourth-order valence-corrected chi connectivity index (χ4v) is 3.74. The molecule has 1 fully saturated rings. The Labute approximate surface area is 124 Å². The van der Waals surface area contributed by atoms with Gasteiger partial charge in [-0.1, -0.05) is 56.0 Å². The molecule has 0 radical (unpaired) electrons. The number of likely N-dealkylation sites (N-methyl/N-ethyl adjacent to an activating group) is 2. The van der Waals surface area contributed by atoms with Crippen LogP contribution in [0.15, 0.2) is 24.3 Å². The Bertz CT molecular complexity index is 402. The Morgan fingerprint density at radius 2 is 1.70 bits per heavy atom. The second-order valence-electron chi connectivity index (χ2n) is 6.46. The number of benzene rings is 1. The Hall–Kier alpha value is -0.860. The van der Waals surface area contributed by atoms with Crippen molar-refractivity contribution in [1.82, 2.24) is 10.2 Å². The van der Waals surface area contributed by atoms with Crippen LogP contribution in [-0.4, -0.2) is 31.1 Å². The zero-order valence-electron chi connectivity index (χ0n) is 13.6. The third-order valence-electron chi connectivity index (χ3n) is 4.97. The summed E-state index contributed by atoms with van der Waals surface area (Å²) in [5.41, 5.74) is 3.04. The molecule has 1 aliphatic carbocycles. The monoisotopic (exact) mass is 274 g/mol. The molecule has 2 heteroatoms. The standard InChI is InChI=1S/C18H30N2/c1-5-19-17(16-11-9-15(2)10-12-16)18(20(3)4)13-7-6-8-14-18/h9-12,17,19H,5-8,13-14H2,1-4H3. The van der Waals surface area contributed by atoms with Gasteiger partial charge >= 0.3 is 0 Å². The predicted molar refractivity (Wildman–Crippen MR) is 87.1 cm³/mol. The van der Waals surface area contributed by atoms with Crippen molar-refractivity contribution in [2.45, 2.75) is 57.5 Å². The number of nitrogens with one attached hydrogen (secondary N) is 1. The quantitative estimate of drug-likeness (QED) is 0.875. The first-order chi connectivity index (χ1) is 9.60. The first-order valence-corrected chi connectivity index (χ1v) is 8.07. The number of aryl methyl sites for hydroxylation is 1. The molecule has 1 N–H and O–H groups in total. The Morgan fingerprint density at radius 3 is 2.20 bits per heavy atom. The molecule has 1 unspecified atom stereocenters. The third kappa shape index (κ3) is 3.07. The van der Waals surface area contributed by atoms with E-state index in [1.807, 2.05) is 0 Å². The van der Waals surface area contributed by atoms with Crippen molar-refractivity contribution in [3.63, 3.8) is 0 Å². The maximum Gasteiger partial charge on any atom is 0.0506 e. The maximum absolute atomic E-state index is 3.77. The van der Waals surface area contributed by atoms with Crippen molar-refractivity contribution in [3.05, 3.63) is 35.4 Å². The lowest BCUT2D eigenvalue weighted by atomic mass is 9.73. The average Bonchev–Trinajstić information content (AvgIpc) is 2.46. The molecule has 112 valence electrons. The van der Waals surface area contributed by atoms with Gasteiger partial charge in [0, 0.05) is 5.54 Å². The van der Waals surface area contributed by atoms with Gasteiger partial charge in [0.15, 0.2) is 0 Å². The van der Waals surface area contributed by atoms with Crippen LogP contribution in [0.5, 0.6) is 0 Å². The number of hydrogen-bond donors (Lipinski definition) is 1. The summed E-state index contributed by atoms with van der Waals surface area (Å²) in [6.45, 7) is 5.40. The van der Waals surface area contributed by atoms with Gasteiger partial charge in [-0.2, -0.15) is 0 Å². The summed E-state index contributed by atoms with van der Waals surface area (Å²) in [7, 11) is 4.51. The summed E-state index contributed by atoms with van der Waals surface area (Å²) >= 11 is 0. The minimum Gasteiger partial charge on any atom is -0.309 e. The summed E-state index contributed by atoms with van der Waals surface area (Å²) in [6.07, 6.45) is 6.69. The van der Waals surface area contributed by atoms with Crippen molar-refractivity contribution in [1.29, 1.82) is 0 Å². The molecule has 1 aliphatic rings. The maximum atomic E-state index is 3.77. The van der Waals surface area contributed by atoms with Crippen LogP contribution in [0.3, 0.4) is 0 Å². The molecule has 0 bridgehead atoms. The molecule has 1 saturated carbocycles. The highest BCUT2D eigenvalue weighted by Crippen LogP contribution is 2.42. The van der Waals surface area contributed by atoms with Crippen molar-refractivity contribution in [2.75, 3.05) is 20.6 Å². The van der Waals surface area contributed by atoms with E-state index in [9.17, 15) is 0 Å². The van der Waals surface area contributed by atoms with Crippen LogP contribution in [0.25, 0.3) is 0 Å². The van der Waals surface area contributed by atoms with E-state index in [1.165, 1.54) is 43.2 Å². The lowest BCUT2D eigenvalue weighted by Gasteiger charge is -2.49. The Morgan fingerprint density at radius 1 is 1.10 bits per heavy atom. The topological polar surface area (TPSA) is 15.3 Å². The van der Waals surface area contributed by atoms with E-state index in [-0.39, 0.29) is 5.54 Å². The second-order valence-corrected chi connectivity index (χ2v) is 6.46. The average molecular weight is 274 g/mol. The fourth-order valence-electron chi connectivity index (χ4n) is 3.74. The van der Waals surface area contributed by atoms with E-state index < -0.39 is 0 Å². The summed E-state index contributed by atoms with van der Waals surface area (Å²) in [4.78, 5) is 2.47. The van der Waals surface area contributed by atoms with E-state index in [0.717, 1.165) is 6.54 Å². The second kappa shape index (κ2) is 6.73. The van der Waals surface area contributed by atoms with Gasteiger partial charge in [-0.15, -0.1) is 0 Å². The van der Waals surface area contributed by atoms with Crippen LogP contribution >= 0.6 is 0 Å². The van der Waals surface area contributed by atoms with Gasteiger partial charge in [0.05, 0.1) is 6.04 Å². The zero-order chi connectivity index (χ0) is 14.6. The molecule has 1 aromatic carbocycles. The number of nitrogens with zero attached hydrogens (tertiary/aromatic N) is 1. The Kier molecular flexibility index (Phi) is 5.22. The van der Waals surface area contributed by atoms with E-state index in [1.54, 1.807) is 0 Å². The normalized spacial score (nSPS) is 20.1. The van der Waals surface area contributed by atoms with Crippen LogP contribution in [-0.2, 0) is 0 Å². The van der Waals surface area contributed by atoms with Crippen LogP contribution in [0.4, 0.5) is 0 Å². The molecule has 2 nitrogen and oxygen atoms in total. The predicted octanol–water partition coefficient (Wildman–Crippen LogP) is 3.91. The van der Waals surface area contributed by atoms with E-state index in [0.29, 0.717) is 6.04 Å². The molecular weight excluding hydrogens is 244 g/mol. The molecule has 0 heterocycles. The molecule has 20 heavy (non-hydrogen) atoms. The highest BCUT2D eigenvalue weighted by Gasteiger charge is 2.41. The molecule has 0 aromatic heterocycles. The van der Waals surface area contributed by atoms with E-state index in [2.05, 4.69) is 62.4 Å². The van der Waals surface area contributed by atoms with Crippen molar-refractivity contribution < 1.29 is 0 Å². The third-order valence-corrected chi connectivity index (χ3v) is 4.97. The summed E-state index contributed by atoms with van der Waals surface area (Å²) in [5.74, 6) is 0. The smallest absolute Gasteiger partial charge is 0.0506 e. The summed E-state index contributed by atoms with van der Waals surface area (Å²) in [6, 6.07) is 9.53. The van der Waals surface area contributed by atoms with Gasteiger partial charge in [0.1, 0.15) is 0 Å². The molecule has 0 amide bonds. The Balaban J connectivity index is 2.35. The first kappa shape index (κ1) is 15.5. The van der Waals surface area contributed by atoms with Gasteiger partial charge < -0.3 is 10.2 Å². The van der Waals surface area contributed by atoms with Gasteiger partial charge in [0.2, 0.25) is 0 Å². The molecule has 0 saturated heterocycles. The van der Waals surface area contributed by atoms with E-state index >= 15 is 0 Å². The molecule has 0 spiro atoms. The summed E-state index contributed by atoms with van der Waals surface area (Å²) in [5, 5.41) is 3.77. The van der Waals surface area contributed by atoms with Gasteiger partial charge in [-0.3, -0.25) is 0 Å². The lowest BCUT2D eigenvalue weighted by molar-refractivity contribution is 0.0570. The van der Waals surface area contributed by atoms with Crippen LogP contribution < -0.4 is 5.32 Å². The van der Waals surface area contributed by atoms with Gasteiger partial charge in [0.25, 0.3) is 0 Å².